The third-order valence-electron chi connectivity index (χ3n) is 4.71. The van der Waals surface area contributed by atoms with E-state index in [9.17, 15) is 9.18 Å². The molecule has 1 aromatic heterocycles. The Balaban J connectivity index is 1.73. The molecule has 0 bridgehead atoms. The van der Waals surface area contributed by atoms with E-state index in [-0.39, 0.29) is 17.8 Å². The van der Waals surface area contributed by atoms with Gasteiger partial charge in [-0.1, -0.05) is 29.8 Å². The van der Waals surface area contributed by atoms with Crippen LogP contribution in [0.1, 0.15) is 18.5 Å². The Labute approximate surface area is 160 Å². The van der Waals surface area contributed by atoms with Crippen LogP contribution < -0.4 is 10.6 Å². The number of hydrogen-bond acceptors (Lipinski definition) is 4. The molecule has 2 aromatic carbocycles. The SMILES string of the molecule is C[C@H]1Nc2ncnn2[C@@H](c2ccccc2F)[C@@H]1C(=O)Nc1ccc(Cl)cc1. The third kappa shape index (κ3) is 3.26. The Morgan fingerprint density at radius 1 is 1.22 bits per heavy atom. The van der Waals surface area contributed by atoms with E-state index in [1.54, 1.807) is 47.1 Å². The van der Waals surface area contributed by atoms with Crippen LogP contribution in [-0.2, 0) is 4.79 Å². The van der Waals surface area contributed by atoms with E-state index in [0.29, 0.717) is 22.2 Å². The average molecular weight is 386 g/mol. The molecule has 3 atom stereocenters. The van der Waals surface area contributed by atoms with Gasteiger partial charge in [-0.2, -0.15) is 10.1 Å². The molecule has 0 unspecified atom stereocenters. The van der Waals surface area contributed by atoms with Gasteiger partial charge in [0.25, 0.3) is 0 Å². The average Bonchev–Trinajstić information content (AvgIpc) is 3.11. The Kier molecular flexibility index (Phi) is 4.53. The monoisotopic (exact) mass is 385 g/mol. The summed E-state index contributed by atoms with van der Waals surface area (Å²) in [5.41, 5.74) is 1.02. The highest BCUT2D eigenvalue weighted by Crippen LogP contribution is 2.37. The maximum atomic E-state index is 14.6. The molecular weight excluding hydrogens is 369 g/mol. The normalized spacial score (nSPS) is 21.2. The van der Waals surface area contributed by atoms with Crippen LogP contribution >= 0.6 is 11.6 Å². The smallest absolute Gasteiger partial charge is 0.232 e. The largest absolute Gasteiger partial charge is 0.351 e. The molecule has 2 heterocycles. The molecule has 1 aliphatic heterocycles. The van der Waals surface area contributed by atoms with E-state index >= 15 is 0 Å². The van der Waals surface area contributed by atoms with Gasteiger partial charge in [-0.3, -0.25) is 4.79 Å². The summed E-state index contributed by atoms with van der Waals surface area (Å²) in [6, 6.07) is 12.4. The minimum atomic E-state index is -0.618. The predicted molar refractivity (Wildman–Crippen MR) is 101 cm³/mol. The predicted octanol–water partition coefficient (Wildman–Crippen LogP) is 3.73. The first-order chi connectivity index (χ1) is 13.0. The molecule has 27 heavy (non-hydrogen) atoms. The van der Waals surface area contributed by atoms with Gasteiger partial charge in [0.15, 0.2) is 0 Å². The molecular formula is C19H17ClFN5O. The quantitative estimate of drug-likeness (QED) is 0.720. The summed E-state index contributed by atoms with van der Waals surface area (Å²) >= 11 is 5.90. The summed E-state index contributed by atoms with van der Waals surface area (Å²) in [4.78, 5) is 17.3. The van der Waals surface area contributed by atoms with Gasteiger partial charge in [-0.05, 0) is 37.3 Å². The molecule has 1 aliphatic rings. The second-order valence-corrected chi connectivity index (χ2v) is 6.89. The van der Waals surface area contributed by atoms with Crippen LogP contribution in [0.5, 0.6) is 0 Å². The summed E-state index contributed by atoms with van der Waals surface area (Å²) < 4.78 is 16.1. The molecule has 0 radical (unpaired) electrons. The number of carbonyl (C=O) groups is 1. The number of nitrogens with zero attached hydrogens (tertiary/aromatic N) is 3. The Bertz CT molecular complexity index is 974. The van der Waals surface area contributed by atoms with Crippen molar-refractivity contribution >= 4 is 29.1 Å². The lowest BCUT2D eigenvalue weighted by Gasteiger charge is -2.36. The lowest BCUT2D eigenvalue weighted by atomic mass is 9.85. The maximum Gasteiger partial charge on any atom is 0.232 e. The fourth-order valence-electron chi connectivity index (χ4n) is 3.45. The molecule has 4 rings (SSSR count). The molecule has 0 aliphatic carbocycles. The molecule has 1 amide bonds. The van der Waals surface area contributed by atoms with Crippen molar-refractivity contribution in [2.45, 2.75) is 19.0 Å². The molecule has 0 saturated heterocycles. The van der Waals surface area contributed by atoms with Crippen molar-refractivity contribution in [1.82, 2.24) is 14.8 Å². The number of rotatable bonds is 3. The van der Waals surface area contributed by atoms with E-state index < -0.39 is 12.0 Å². The highest BCUT2D eigenvalue weighted by Gasteiger charge is 2.42. The van der Waals surface area contributed by atoms with Crippen LogP contribution in [0.2, 0.25) is 5.02 Å². The zero-order valence-corrected chi connectivity index (χ0v) is 15.2. The number of nitrogens with one attached hydrogen (secondary N) is 2. The van der Waals surface area contributed by atoms with Crippen molar-refractivity contribution in [2.75, 3.05) is 10.6 Å². The van der Waals surface area contributed by atoms with Crippen molar-refractivity contribution in [2.24, 2.45) is 5.92 Å². The number of anilines is 2. The number of hydrogen-bond donors (Lipinski definition) is 2. The number of halogens is 2. The summed E-state index contributed by atoms with van der Waals surface area (Å²) in [6.07, 6.45) is 1.39. The van der Waals surface area contributed by atoms with Gasteiger partial charge in [0.05, 0.1) is 12.0 Å². The standard InChI is InChI=1S/C19H17ClFN5O/c1-11-16(18(27)25-13-8-6-12(20)7-9-13)17(14-4-2-3-5-15(14)21)26-19(24-11)22-10-23-26/h2-11,16-17H,1H3,(H,25,27)(H,22,23,24)/t11-,16-,17+/m1/s1. The number of benzene rings is 2. The molecule has 3 aromatic rings. The van der Waals surface area contributed by atoms with Crippen molar-refractivity contribution in [1.29, 1.82) is 0 Å². The molecule has 0 fully saturated rings. The molecule has 0 saturated carbocycles. The summed E-state index contributed by atoms with van der Waals surface area (Å²) in [5.74, 6) is -0.729. The highest BCUT2D eigenvalue weighted by molar-refractivity contribution is 6.30. The number of aromatic nitrogens is 3. The summed E-state index contributed by atoms with van der Waals surface area (Å²) in [7, 11) is 0. The van der Waals surface area contributed by atoms with Crippen LogP contribution in [0.4, 0.5) is 16.0 Å². The van der Waals surface area contributed by atoms with Crippen LogP contribution in [0.3, 0.4) is 0 Å². The highest BCUT2D eigenvalue weighted by atomic mass is 35.5. The Morgan fingerprint density at radius 2 is 1.96 bits per heavy atom. The Morgan fingerprint density at radius 3 is 2.70 bits per heavy atom. The second kappa shape index (κ2) is 7.00. The minimum absolute atomic E-state index is 0.244. The Hall–Kier alpha value is -2.93. The van der Waals surface area contributed by atoms with Crippen molar-refractivity contribution in [3.05, 3.63) is 71.3 Å². The van der Waals surface area contributed by atoms with Gasteiger partial charge >= 0.3 is 0 Å². The van der Waals surface area contributed by atoms with Crippen LogP contribution in [-0.4, -0.2) is 26.7 Å². The zero-order valence-electron chi connectivity index (χ0n) is 14.4. The molecule has 8 heteroatoms. The van der Waals surface area contributed by atoms with Crippen molar-refractivity contribution < 1.29 is 9.18 Å². The van der Waals surface area contributed by atoms with E-state index in [1.807, 2.05) is 6.92 Å². The fraction of sp³-hybridized carbons (Fsp3) is 0.211. The maximum absolute atomic E-state index is 14.6. The first-order valence-electron chi connectivity index (χ1n) is 8.51. The van der Waals surface area contributed by atoms with Gasteiger partial charge < -0.3 is 10.6 Å². The summed E-state index contributed by atoms with van der Waals surface area (Å²) in [6.45, 7) is 1.87. The van der Waals surface area contributed by atoms with Gasteiger partial charge in [0.2, 0.25) is 11.9 Å². The van der Waals surface area contributed by atoms with Crippen molar-refractivity contribution in [3.8, 4) is 0 Å². The first-order valence-corrected chi connectivity index (χ1v) is 8.89. The topological polar surface area (TPSA) is 71.8 Å². The lowest BCUT2D eigenvalue weighted by molar-refractivity contribution is -0.121. The van der Waals surface area contributed by atoms with Gasteiger partial charge in [-0.15, -0.1) is 0 Å². The van der Waals surface area contributed by atoms with Gasteiger partial charge in [-0.25, -0.2) is 9.07 Å². The van der Waals surface area contributed by atoms with Crippen LogP contribution in [0, 0.1) is 11.7 Å². The third-order valence-corrected chi connectivity index (χ3v) is 4.96. The number of carbonyl (C=O) groups excluding carboxylic acids is 1. The fourth-order valence-corrected chi connectivity index (χ4v) is 3.57. The molecule has 2 N–H and O–H groups in total. The number of fused-ring (bicyclic) bond motifs is 1. The summed E-state index contributed by atoms with van der Waals surface area (Å²) in [5, 5.41) is 10.9. The van der Waals surface area contributed by atoms with Crippen LogP contribution in [0.25, 0.3) is 0 Å². The van der Waals surface area contributed by atoms with Crippen LogP contribution in [0.15, 0.2) is 54.9 Å². The second-order valence-electron chi connectivity index (χ2n) is 6.45. The van der Waals surface area contributed by atoms with Gasteiger partial charge in [0.1, 0.15) is 12.1 Å². The molecule has 0 spiro atoms. The van der Waals surface area contributed by atoms with E-state index in [2.05, 4.69) is 20.7 Å². The molecule has 138 valence electrons. The zero-order chi connectivity index (χ0) is 19.0. The van der Waals surface area contributed by atoms with Gasteiger partial charge in [0, 0.05) is 22.3 Å². The molecule has 6 nitrogen and oxygen atoms in total. The van der Waals surface area contributed by atoms with E-state index in [0.717, 1.165) is 0 Å². The van der Waals surface area contributed by atoms with E-state index in [1.165, 1.54) is 12.4 Å². The first kappa shape index (κ1) is 17.5. The lowest BCUT2D eigenvalue weighted by Crippen LogP contribution is -2.46. The minimum Gasteiger partial charge on any atom is -0.351 e. The number of amides is 1. The van der Waals surface area contributed by atoms with E-state index in [4.69, 9.17) is 11.6 Å². The van der Waals surface area contributed by atoms with Crippen molar-refractivity contribution in [3.63, 3.8) is 0 Å².